The number of halogens is 1. The molecule has 4 aromatic rings. The quantitative estimate of drug-likeness (QED) is 0.468. The van der Waals surface area contributed by atoms with Crippen LogP contribution in [0.1, 0.15) is 23.7 Å². The van der Waals surface area contributed by atoms with Crippen LogP contribution in [-0.2, 0) is 11.3 Å². The molecule has 1 aliphatic rings. The number of carbonyl (C=O) groups excluding carboxylic acids is 1. The van der Waals surface area contributed by atoms with Crippen LogP contribution in [-0.4, -0.2) is 22.0 Å². The molecule has 0 saturated carbocycles. The zero-order chi connectivity index (χ0) is 19.8. The number of hydrogen-bond acceptors (Lipinski definition) is 2. The second-order valence-electron chi connectivity index (χ2n) is 7.41. The first-order chi connectivity index (χ1) is 14.2. The summed E-state index contributed by atoms with van der Waals surface area (Å²) < 4.78 is 2.26. The zero-order valence-corrected chi connectivity index (χ0v) is 16.6. The molecule has 2 heterocycles. The van der Waals surface area contributed by atoms with Crippen LogP contribution in [0.25, 0.3) is 11.0 Å². The SMILES string of the molecule is O=C1C[C@H](c2nc3ccccc3n2Cc2ccccc2)CN1c1ccc(Cl)cc1. The number of fused-ring (bicyclic) bond motifs is 1. The highest BCUT2D eigenvalue weighted by Gasteiger charge is 2.34. The molecule has 1 aromatic heterocycles. The number of rotatable bonds is 4. The monoisotopic (exact) mass is 401 g/mol. The van der Waals surface area contributed by atoms with Crippen LogP contribution in [0.2, 0.25) is 5.02 Å². The lowest BCUT2D eigenvalue weighted by Crippen LogP contribution is -2.24. The molecule has 1 saturated heterocycles. The largest absolute Gasteiger partial charge is 0.323 e. The van der Waals surface area contributed by atoms with Gasteiger partial charge in [0.15, 0.2) is 0 Å². The number of carbonyl (C=O) groups is 1. The van der Waals surface area contributed by atoms with Gasteiger partial charge in [-0.25, -0.2) is 4.98 Å². The van der Waals surface area contributed by atoms with Crippen molar-refractivity contribution in [3.8, 4) is 0 Å². The molecule has 1 atom stereocenters. The number of aromatic nitrogens is 2. The Morgan fingerprint density at radius 2 is 1.66 bits per heavy atom. The van der Waals surface area contributed by atoms with Crippen molar-refractivity contribution in [2.75, 3.05) is 11.4 Å². The Bertz CT molecular complexity index is 1170. The van der Waals surface area contributed by atoms with Gasteiger partial charge in [-0.1, -0.05) is 54.1 Å². The fraction of sp³-hybridized carbons (Fsp3) is 0.167. The van der Waals surface area contributed by atoms with Gasteiger partial charge in [-0.3, -0.25) is 4.79 Å². The molecule has 4 nitrogen and oxygen atoms in total. The second kappa shape index (κ2) is 7.37. The molecule has 5 heteroatoms. The molecule has 5 rings (SSSR count). The summed E-state index contributed by atoms with van der Waals surface area (Å²) in [6.45, 7) is 1.36. The number of nitrogens with zero attached hydrogens (tertiary/aromatic N) is 3. The molecule has 1 fully saturated rings. The van der Waals surface area contributed by atoms with Crippen LogP contribution in [0.4, 0.5) is 5.69 Å². The Balaban J connectivity index is 1.52. The maximum atomic E-state index is 12.8. The first kappa shape index (κ1) is 18.0. The van der Waals surface area contributed by atoms with E-state index in [1.165, 1.54) is 5.56 Å². The van der Waals surface area contributed by atoms with Crippen molar-refractivity contribution >= 4 is 34.2 Å². The van der Waals surface area contributed by atoms with Gasteiger partial charge in [-0.05, 0) is 42.0 Å². The fourth-order valence-electron chi connectivity index (χ4n) is 4.09. The van der Waals surface area contributed by atoms with Gasteiger partial charge >= 0.3 is 0 Å². The van der Waals surface area contributed by atoms with Gasteiger partial charge in [-0.2, -0.15) is 0 Å². The standard InChI is InChI=1S/C24H20ClN3O/c25-19-10-12-20(13-11-19)27-16-18(14-23(27)29)24-26-21-8-4-5-9-22(21)28(24)15-17-6-2-1-3-7-17/h1-13,18H,14-16H2/t18-/m0/s1. The van der Waals surface area contributed by atoms with E-state index in [2.05, 4.69) is 34.9 Å². The Morgan fingerprint density at radius 1 is 0.931 bits per heavy atom. The Kier molecular flexibility index (Phi) is 4.57. The maximum absolute atomic E-state index is 12.8. The highest BCUT2D eigenvalue weighted by Crippen LogP contribution is 2.34. The minimum atomic E-state index is 0.0503. The molecule has 0 aliphatic carbocycles. The summed E-state index contributed by atoms with van der Waals surface area (Å²) in [6.07, 6.45) is 0.459. The molecule has 0 bridgehead atoms. The highest BCUT2D eigenvalue weighted by molar-refractivity contribution is 6.30. The van der Waals surface area contributed by atoms with E-state index in [1.54, 1.807) is 0 Å². The van der Waals surface area contributed by atoms with Crippen LogP contribution < -0.4 is 4.90 Å². The summed E-state index contributed by atoms with van der Waals surface area (Å²) in [5.74, 6) is 1.14. The molecule has 29 heavy (non-hydrogen) atoms. The fourth-order valence-corrected chi connectivity index (χ4v) is 4.22. The van der Waals surface area contributed by atoms with Gasteiger partial charge in [0.25, 0.3) is 0 Å². The van der Waals surface area contributed by atoms with E-state index in [4.69, 9.17) is 16.6 Å². The van der Waals surface area contributed by atoms with Crippen molar-refractivity contribution in [1.29, 1.82) is 0 Å². The first-order valence-electron chi connectivity index (χ1n) is 9.74. The van der Waals surface area contributed by atoms with Gasteiger partial charge in [0.1, 0.15) is 5.82 Å². The summed E-state index contributed by atoms with van der Waals surface area (Å²) in [5, 5.41) is 0.668. The van der Waals surface area contributed by atoms with E-state index in [9.17, 15) is 4.79 Å². The number of para-hydroxylation sites is 2. The van der Waals surface area contributed by atoms with Crippen molar-refractivity contribution in [3.63, 3.8) is 0 Å². The van der Waals surface area contributed by atoms with Gasteiger partial charge in [0, 0.05) is 36.1 Å². The number of amides is 1. The molecule has 1 amide bonds. The van der Waals surface area contributed by atoms with Gasteiger partial charge in [-0.15, -0.1) is 0 Å². The van der Waals surface area contributed by atoms with E-state index in [1.807, 2.05) is 53.4 Å². The lowest BCUT2D eigenvalue weighted by Gasteiger charge is -2.17. The normalized spacial score (nSPS) is 16.7. The van der Waals surface area contributed by atoms with Crippen LogP contribution in [0.5, 0.6) is 0 Å². The third kappa shape index (κ3) is 3.40. The van der Waals surface area contributed by atoms with Crippen LogP contribution in [0.15, 0.2) is 78.9 Å². The summed E-state index contributed by atoms with van der Waals surface area (Å²) in [6, 6.07) is 26.0. The van der Waals surface area contributed by atoms with E-state index in [-0.39, 0.29) is 11.8 Å². The molecule has 144 valence electrons. The van der Waals surface area contributed by atoms with E-state index < -0.39 is 0 Å². The van der Waals surface area contributed by atoms with Crippen molar-refractivity contribution in [2.24, 2.45) is 0 Å². The van der Waals surface area contributed by atoms with Crippen molar-refractivity contribution < 1.29 is 4.79 Å². The zero-order valence-electron chi connectivity index (χ0n) is 15.8. The topological polar surface area (TPSA) is 38.1 Å². The lowest BCUT2D eigenvalue weighted by atomic mass is 10.1. The van der Waals surface area contributed by atoms with E-state index >= 15 is 0 Å². The number of benzene rings is 3. The molecular weight excluding hydrogens is 382 g/mol. The molecule has 0 unspecified atom stereocenters. The first-order valence-corrected chi connectivity index (χ1v) is 10.1. The van der Waals surface area contributed by atoms with Gasteiger partial charge in [0.2, 0.25) is 5.91 Å². The van der Waals surface area contributed by atoms with Gasteiger partial charge < -0.3 is 9.47 Å². The Morgan fingerprint density at radius 3 is 2.45 bits per heavy atom. The van der Waals surface area contributed by atoms with E-state index in [0.29, 0.717) is 18.0 Å². The lowest BCUT2D eigenvalue weighted by molar-refractivity contribution is -0.117. The second-order valence-corrected chi connectivity index (χ2v) is 7.85. The average Bonchev–Trinajstić information content (AvgIpc) is 3.30. The number of imidazole rings is 1. The minimum absolute atomic E-state index is 0.0503. The van der Waals surface area contributed by atoms with Crippen molar-refractivity contribution in [1.82, 2.24) is 9.55 Å². The van der Waals surface area contributed by atoms with Crippen LogP contribution >= 0.6 is 11.6 Å². The third-order valence-electron chi connectivity index (χ3n) is 5.50. The predicted octanol–water partition coefficient (Wildman–Crippen LogP) is 5.26. The third-order valence-corrected chi connectivity index (χ3v) is 5.75. The van der Waals surface area contributed by atoms with Gasteiger partial charge in [0.05, 0.1) is 11.0 Å². The predicted molar refractivity (Wildman–Crippen MR) is 116 cm³/mol. The average molecular weight is 402 g/mol. The van der Waals surface area contributed by atoms with Crippen LogP contribution in [0, 0.1) is 0 Å². The molecule has 0 radical (unpaired) electrons. The van der Waals surface area contributed by atoms with Crippen molar-refractivity contribution in [2.45, 2.75) is 18.9 Å². The van der Waals surface area contributed by atoms with E-state index in [0.717, 1.165) is 29.1 Å². The summed E-state index contributed by atoms with van der Waals surface area (Å²) in [4.78, 5) is 19.6. The Labute approximate surface area is 174 Å². The number of anilines is 1. The van der Waals surface area contributed by atoms with Crippen molar-refractivity contribution in [3.05, 3.63) is 95.3 Å². The summed E-state index contributed by atoms with van der Waals surface area (Å²) in [7, 11) is 0. The summed E-state index contributed by atoms with van der Waals surface area (Å²) in [5.41, 5.74) is 4.17. The number of hydrogen-bond donors (Lipinski definition) is 0. The Hall–Kier alpha value is -3.11. The molecule has 0 N–H and O–H groups in total. The molecule has 0 spiro atoms. The molecule has 3 aromatic carbocycles. The minimum Gasteiger partial charge on any atom is -0.323 e. The highest BCUT2D eigenvalue weighted by atomic mass is 35.5. The summed E-state index contributed by atoms with van der Waals surface area (Å²) >= 11 is 6.01. The van der Waals surface area contributed by atoms with Crippen LogP contribution in [0.3, 0.4) is 0 Å². The molecule has 1 aliphatic heterocycles. The molecular formula is C24H20ClN3O. The maximum Gasteiger partial charge on any atom is 0.227 e. The smallest absolute Gasteiger partial charge is 0.227 e.